The number of carbonyl (C=O) groups excluding carboxylic acids is 1. The van der Waals surface area contributed by atoms with Crippen molar-refractivity contribution in [2.24, 2.45) is 0 Å². The third kappa shape index (κ3) is 2.24. The number of nitrogens with zero attached hydrogens (tertiary/aromatic N) is 1. The van der Waals surface area contributed by atoms with Crippen molar-refractivity contribution in [1.82, 2.24) is 0 Å². The van der Waals surface area contributed by atoms with Crippen LogP contribution in [0.25, 0.3) is 0 Å². The third-order valence-electron chi connectivity index (χ3n) is 2.54. The summed E-state index contributed by atoms with van der Waals surface area (Å²) in [7, 11) is 1.60. The molecule has 1 aromatic carbocycles. The van der Waals surface area contributed by atoms with E-state index < -0.39 is 5.97 Å². The van der Waals surface area contributed by atoms with Crippen molar-refractivity contribution in [3.63, 3.8) is 0 Å². The van der Waals surface area contributed by atoms with Gasteiger partial charge in [0.15, 0.2) is 5.76 Å². The molecular formula is C13H11NO4. The Hall–Kier alpha value is -2.56. The van der Waals surface area contributed by atoms with Crippen LogP contribution in [-0.4, -0.2) is 24.0 Å². The van der Waals surface area contributed by atoms with Crippen LogP contribution < -0.4 is 4.90 Å². The van der Waals surface area contributed by atoms with Crippen molar-refractivity contribution in [3.05, 3.63) is 54.0 Å². The lowest BCUT2D eigenvalue weighted by Crippen LogP contribution is -2.25. The number of hydrogen-bond acceptors (Lipinski definition) is 3. The molecule has 1 heterocycles. The fourth-order valence-electron chi connectivity index (χ4n) is 1.51. The van der Waals surface area contributed by atoms with Crippen LogP contribution >= 0.6 is 0 Å². The number of furan rings is 1. The van der Waals surface area contributed by atoms with Gasteiger partial charge in [0, 0.05) is 12.7 Å². The van der Waals surface area contributed by atoms with E-state index in [9.17, 15) is 9.59 Å². The second-order valence-corrected chi connectivity index (χ2v) is 3.69. The molecule has 0 aliphatic rings. The normalized spacial score (nSPS) is 10.1. The molecule has 0 atom stereocenters. The topological polar surface area (TPSA) is 70.8 Å². The molecule has 0 radical (unpaired) electrons. The summed E-state index contributed by atoms with van der Waals surface area (Å²) in [5, 5.41) is 8.78. The highest BCUT2D eigenvalue weighted by Gasteiger charge is 2.16. The Morgan fingerprint density at radius 1 is 1.17 bits per heavy atom. The van der Waals surface area contributed by atoms with E-state index in [0.717, 1.165) is 0 Å². The lowest BCUT2D eigenvalue weighted by Gasteiger charge is -2.15. The molecule has 0 aliphatic carbocycles. The average molecular weight is 245 g/mol. The van der Waals surface area contributed by atoms with Crippen molar-refractivity contribution in [2.45, 2.75) is 0 Å². The van der Waals surface area contributed by atoms with E-state index in [1.165, 1.54) is 23.3 Å². The molecule has 0 fully saturated rings. The highest BCUT2D eigenvalue weighted by molar-refractivity contribution is 6.04. The van der Waals surface area contributed by atoms with Crippen LogP contribution in [0.5, 0.6) is 0 Å². The fourth-order valence-corrected chi connectivity index (χ4v) is 1.51. The molecule has 0 unspecified atom stereocenters. The van der Waals surface area contributed by atoms with Gasteiger partial charge in [-0.15, -0.1) is 0 Å². The highest BCUT2D eigenvalue weighted by Crippen LogP contribution is 2.16. The number of rotatable bonds is 3. The number of carboxylic acid groups (broad SMARTS) is 1. The predicted octanol–water partition coefficient (Wildman–Crippen LogP) is 2.25. The molecule has 1 amide bonds. The molecule has 1 aromatic heterocycles. The highest BCUT2D eigenvalue weighted by atomic mass is 16.4. The average Bonchev–Trinajstić information content (AvgIpc) is 2.91. The minimum atomic E-state index is -0.999. The molecule has 1 N–H and O–H groups in total. The Morgan fingerprint density at radius 3 is 2.33 bits per heavy atom. The number of benzene rings is 1. The molecule has 0 bridgehead atoms. The van der Waals surface area contributed by atoms with Gasteiger partial charge in [-0.05, 0) is 36.4 Å². The van der Waals surface area contributed by atoms with Gasteiger partial charge in [0.2, 0.25) is 0 Å². The van der Waals surface area contributed by atoms with E-state index in [-0.39, 0.29) is 17.2 Å². The van der Waals surface area contributed by atoms with Crippen LogP contribution in [0.1, 0.15) is 20.9 Å². The molecule has 0 aliphatic heterocycles. The van der Waals surface area contributed by atoms with Crippen LogP contribution in [0.3, 0.4) is 0 Å². The standard InChI is InChI=1S/C13H11NO4/c1-14(12(15)11-3-2-8-18-11)10-6-4-9(5-7-10)13(16)17/h2-8H,1H3,(H,16,17). The van der Waals surface area contributed by atoms with E-state index in [1.54, 1.807) is 31.3 Å². The van der Waals surface area contributed by atoms with Gasteiger partial charge in [-0.25, -0.2) is 4.79 Å². The summed E-state index contributed by atoms with van der Waals surface area (Å²) < 4.78 is 5.01. The minimum absolute atomic E-state index is 0.178. The zero-order chi connectivity index (χ0) is 13.1. The monoisotopic (exact) mass is 245 g/mol. The van der Waals surface area contributed by atoms with E-state index in [4.69, 9.17) is 9.52 Å². The molecule has 18 heavy (non-hydrogen) atoms. The number of amides is 1. The SMILES string of the molecule is CN(C(=O)c1ccco1)c1ccc(C(=O)O)cc1. The maximum Gasteiger partial charge on any atom is 0.335 e. The first-order valence-electron chi connectivity index (χ1n) is 5.24. The second-order valence-electron chi connectivity index (χ2n) is 3.69. The lowest BCUT2D eigenvalue weighted by atomic mass is 10.2. The minimum Gasteiger partial charge on any atom is -0.478 e. The molecule has 0 spiro atoms. The Balaban J connectivity index is 2.21. The summed E-state index contributed by atoms with van der Waals surface area (Å²) in [5.41, 5.74) is 0.777. The Labute approximate surface area is 103 Å². The fraction of sp³-hybridized carbons (Fsp3) is 0.0769. The summed E-state index contributed by atoms with van der Waals surface area (Å²) in [4.78, 5) is 24.0. The maximum atomic E-state index is 11.9. The van der Waals surface area contributed by atoms with Crippen LogP contribution in [0.2, 0.25) is 0 Å². The third-order valence-corrected chi connectivity index (χ3v) is 2.54. The second kappa shape index (κ2) is 4.75. The number of carbonyl (C=O) groups is 2. The van der Waals surface area contributed by atoms with Gasteiger partial charge in [-0.1, -0.05) is 0 Å². The van der Waals surface area contributed by atoms with Crippen molar-refractivity contribution in [2.75, 3.05) is 11.9 Å². The summed E-state index contributed by atoms with van der Waals surface area (Å²) in [5.74, 6) is -1.05. The quantitative estimate of drug-likeness (QED) is 0.900. The predicted molar refractivity (Wildman–Crippen MR) is 64.8 cm³/mol. The summed E-state index contributed by atoms with van der Waals surface area (Å²) in [6.07, 6.45) is 1.43. The molecular weight excluding hydrogens is 234 g/mol. The van der Waals surface area contributed by atoms with E-state index in [0.29, 0.717) is 5.69 Å². The van der Waals surface area contributed by atoms with Crippen molar-refractivity contribution in [3.8, 4) is 0 Å². The Kier molecular flexibility index (Phi) is 3.14. The van der Waals surface area contributed by atoms with Crippen molar-refractivity contribution in [1.29, 1.82) is 0 Å². The van der Waals surface area contributed by atoms with Gasteiger partial charge in [-0.3, -0.25) is 4.79 Å². The molecule has 2 rings (SSSR count). The largest absolute Gasteiger partial charge is 0.478 e. The number of anilines is 1. The number of hydrogen-bond donors (Lipinski definition) is 1. The number of carboxylic acids is 1. The summed E-state index contributed by atoms with van der Waals surface area (Å²) in [6, 6.07) is 9.25. The van der Waals surface area contributed by atoms with Crippen molar-refractivity contribution >= 4 is 17.6 Å². The van der Waals surface area contributed by atoms with Gasteiger partial charge in [0.05, 0.1) is 11.8 Å². The molecule has 5 nitrogen and oxygen atoms in total. The lowest BCUT2D eigenvalue weighted by molar-refractivity contribution is 0.0696. The smallest absolute Gasteiger partial charge is 0.335 e. The van der Waals surface area contributed by atoms with Gasteiger partial charge < -0.3 is 14.4 Å². The summed E-state index contributed by atoms with van der Waals surface area (Å²) in [6.45, 7) is 0. The number of aromatic carboxylic acids is 1. The van der Waals surface area contributed by atoms with E-state index in [1.807, 2.05) is 0 Å². The molecule has 2 aromatic rings. The zero-order valence-corrected chi connectivity index (χ0v) is 9.66. The first-order valence-corrected chi connectivity index (χ1v) is 5.24. The van der Waals surface area contributed by atoms with Gasteiger partial charge in [-0.2, -0.15) is 0 Å². The van der Waals surface area contributed by atoms with Gasteiger partial charge in [0.1, 0.15) is 0 Å². The van der Waals surface area contributed by atoms with Gasteiger partial charge >= 0.3 is 5.97 Å². The van der Waals surface area contributed by atoms with Crippen LogP contribution in [-0.2, 0) is 0 Å². The summed E-state index contributed by atoms with van der Waals surface area (Å²) >= 11 is 0. The van der Waals surface area contributed by atoms with Gasteiger partial charge in [0.25, 0.3) is 5.91 Å². The van der Waals surface area contributed by atoms with Crippen LogP contribution in [0, 0.1) is 0 Å². The van der Waals surface area contributed by atoms with Crippen molar-refractivity contribution < 1.29 is 19.1 Å². The maximum absolute atomic E-state index is 11.9. The molecule has 0 saturated carbocycles. The zero-order valence-electron chi connectivity index (χ0n) is 9.66. The molecule has 5 heteroatoms. The first-order chi connectivity index (χ1) is 8.59. The van der Waals surface area contributed by atoms with E-state index >= 15 is 0 Å². The Morgan fingerprint density at radius 2 is 1.83 bits per heavy atom. The van der Waals surface area contributed by atoms with Crippen LogP contribution in [0.4, 0.5) is 5.69 Å². The Bertz CT molecular complexity index is 557. The van der Waals surface area contributed by atoms with Crippen LogP contribution in [0.15, 0.2) is 47.1 Å². The first kappa shape index (κ1) is 11.9. The molecule has 0 saturated heterocycles. The molecule has 92 valence electrons. The van der Waals surface area contributed by atoms with E-state index in [2.05, 4.69) is 0 Å².